The first-order valence-electron chi connectivity index (χ1n) is 13.5. The molecule has 3 aromatic rings. The molecule has 1 atom stereocenters. The van der Waals surface area contributed by atoms with Gasteiger partial charge in [0.05, 0.1) is 12.6 Å². The fourth-order valence-electron chi connectivity index (χ4n) is 5.91. The Morgan fingerprint density at radius 1 is 1.12 bits per heavy atom. The van der Waals surface area contributed by atoms with Crippen molar-refractivity contribution in [3.05, 3.63) is 76.6 Å². The average Bonchev–Trinajstić information content (AvgIpc) is 3.52. The SMILES string of the molecule is C[C@H](c1ccc(C(=O)NCc2nn[nH]n2)cc1)N1C(=O)C(c2cc(F)cc(F)c2)=NC12CCC(C(C)(C)C)CC2. The maximum absolute atomic E-state index is 14.1. The first-order chi connectivity index (χ1) is 19.0. The molecule has 11 heteroatoms. The van der Waals surface area contributed by atoms with Gasteiger partial charge in [0.1, 0.15) is 23.0 Å². The molecule has 1 aliphatic carbocycles. The van der Waals surface area contributed by atoms with Gasteiger partial charge in [-0.2, -0.15) is 5.21 Å². The van der Waals surface area contributed by atoms with Gasteiger partial charge >= 0.3 is 0 Å². The maximum Gasteiger partial charge on any atom is 0.275 e. The van der Waals surface area contributed by atoms with Gasteiger partial charge in [-0.25, -0.2) is 8.78 Å². The Hall–Kier alpha value is -4.02. The van der Waals surface area contributed by atoms with Gasteiger partial charge in [0.25, 0.3) is 11.8 Å². The van der Waals surface area contributed by atoms with E-state index in [2.05, 4.69) is 46.7 Å². The molecule has 1 spiro atoms. The molecule has 2 aromatic carbocycles. The molecule has 5 rings (SSSR count). The van der Waals surface area contributed by atoms with Gasteiger partial charge in [-0.05, 0) is 73.8 Å². The van der Waals surface area contributed by atoms with Gasteiger partial charge in [0, 0.05) is 17.2 Å². The number of H-pyrrole nitrogens is 1. The summed E-state index contributed by atoms with van der Waals surface area (Å²) in [4.78, 5) is 33.2. The van der Waals surface area contributed by atoms with Crippen LogP contribution in [0.1, 0.15) is 86.7 Å². The Bertz CT molecular complexity index is 1400. The lowest BCUT2D eigenvalue weighted by Crippen LogP contribution is -2.50. The zero-order valence-corrected chi connectivity index (χ0v) is 23.0. The molecule has 40 heavy (non-hydrogen) atoms. The predicted molar refractivity (Wildman–Crippen MR) is 144 cm³/mol. The summed E-state index contributed by atoms with van der Waals surface area (Å²) in [6.45, 7) is 8.72. The third-order valence-corrected chi connectivity index (χ3v) is 8.18. The summed E-state index contributed by atoms with van der Waals surface area (Å²) >= 11 is 0. The molecular formula is C29H33F2N7O2. The third-order valence-electron chi connectivity index (χ3n) is 8.18. The van der Waals surface area contributed by atoms with E-state index >= 15 is 0 Å². The highest BCUT2D eigenvalue weighted by Gasteiger charge is 2.52. The van der Waals surface area contributed by atoms with Crippen LogP contribution in [0, 0.1) is 23.0 Å². The van der Waals surface area contributed by atoms with E-state index in [1.165, 1.54) is 0 Å². The van der Waals surface area contributed by atoms with Crippen molar-refractivity contribution >= 4 is 17.5 Å². The van der Waals surface area contributed by atoms with Crippen molar-refractivity contribution in [3.63, 3.8) is 0 Å². The average molecular weight is 550 g/mol. The Morgan fingerprint density at radius 2 is 1.77 bits per heavy atom. The van der Waals surface area contributed by atoms with Gasteiger partial charge < -0.3 is 10.2 Å². The molecule has 0 unspecified atom stereocenters. The Balaban J connectivity index is 1.41. The zero-order valence-electron chi connectivity index (χ0n) is 23.0. The van der Waals surface area contributed by atoms with Crippen molar-refractivity contribution in [1.82, 2.24) is 30.8 Å². The van der Waals surface area contributed by atoms with Crippen LogP contribution in [-0.4, -0.2) is 48.7 Å². The van der Waals surface area contributed by atoms with E-state index in [-0.39, 0.29) is 35.0 Å². The standard InChI is InChI=1S/C29H33F2N7O2/c1-17(18-5-7-19(8-6-18)26(39)32-16-24-34-36-37-35-24)38-27(40)25(20-13-22(30)15-23(31)14-20)33-29(38)11-9-21(10-12-29)28(2,3)4/h5-8,13-15,17,21H,9-12,16H2,1-4H3,(H,32,39)(H,34,35,36,37)/t17-,21?,29?/m1/s1. The van der Waals surface area contributed by atoms with Crippen LogP contribution in [0.15, 0.2) is 47.5 Å². The van der Waals surface area contributed by atoms with Crippen molar-refractivity contribution in [3.8, 4) is 0 Å². The van der Waals surface area contributed by atoms with E-state index in [4.69, 9.17) is 4.99 Å². The second kappa shape index (κ2) is 10.5. The van der Waals surface area contributed by atoms with E-state index in [0.29, 0.717) is 30.1 Å². The van der Waals surface area contributed by atoms with E-state index in [1.807, 2.05) is 19.1 Å². The second-order valence-corrected chi connectivity index (χ2v) is 11.7. The van der Waals surface area contributed by atoms with Crippen molar-refractivity contribution in [2.75, 3.05) is 0 Å². The molecule has 210 valence electrons. The monoisotopic (exact) mass is 549 g/mol. The number of tetrazole rings is 1. The number of amides is 2. The van der Waals surface area contributed by atoms with Gasteiger partial charge in [0.2, 0.25) is 0 Å². The second-order valence-electron chi connectivity index (χ2n) is 11.7. The smallest absolute Gasteiger partial charge is 0.275 e. The minimum absolute atomic E-state index is 0.0805. The van der Waals surface area contributed by atoms with Gasteiger partial charge in [-0.1, -0.05) is 38.1 Å². The van der Waals surface area contributed by atoms with Crippen molar-refractivity contribution < 1.29 is 18.4 Å². The van der Waals surface area contributed by atoms with E-state index in [0.717, 1.165) is 36.6 Å². The topological polar surface area (TPSA) is 116 Å². The maximum atomic E-state index is 14.1. The van der Waals surface area contributed by atoms with Crippen molar-refractivity contribution in [2.45, 2.75) is 71.6 Å². The number of nitrogens with one attached hydrogen (secondary N) is 2. The van der Waals surface area contributed by atoms with Crippen LogP contribution < -0.4 is 5.32 Å². The molecule has 2 amide bonds. The third kappa shape index (κ3) is 5.37. The largest absolute Gasteiger partial charge is 0.345 e. The van der Waals surface area contributed by atoms with Crippen LogP contribution in [0.25, 0.3) is 0 Å². The predicted octanol–water partition coefficient (Wildman–Crippen LogP) is 4.73. The molecule has 0 saturated heterocycles. The summed E-state index contributed by atoms with van der Waals surface area (Å²) < 4.78 is 28.2. The summed E-state index contributed by atoms with van der Waals surface area (Å²) in [5, 5.41) is 16.2. The number of nitrogens with zero attached hydrogens (tertiary/aromatic N) is 5. The summed E-state index contributed by atoms with van der Waals surface area (Å²) in [6.07, 6.45) is 3.08. The molecule has 1 saturated carbocycles. The lowest BCUT2D eigenvalue weighted by molar-refractivity contribution is -0.132. The molecule has 1 fully saturated rings. The van der Waals surface area contributed by atoms with Crippen LogP contribution in [-0.2, 0) is 11.3 Å². The minimum atomic E-state index is -0.809. The molecule has 0 bridgehead atoms. The van der Waals surface area contributed by atoms with Crippen LogP contribution in [0.5, 0.6) is 0 Å². The van der Waals surface area contributed by atoms with Gasteiger partial charge in [-0.15, -0.1) is 10.2 Å². The summed E-state index contributed by atoms with van der Waals surface area (Å²) in [7, 11) is 0. The number of benzene rings is 2. The molecule has 9 nitrogen and oxygen atoms in total. The first kappa shape index (κ1) is 27.5. The number of aromatic amines is 1. The number of hydrogen-bond donors (Lipinski definition) is 2. The van der Waals surface area contributed by atoms with Gasteiger partial charge in [-0.3, -0.25) is 14.6 Å². The highest BCUT2D eigenvalue weighted by atomic mass is 19.1. The molecule has 2 N–H and O–H groups in total. The molecule has 1 aromatic heterocycles. The Kier molecular flexibility index (Phi) is 7.24. The summed E-state index contributed by atoms with van der Waals surface area (Å²) in [6, 6.07) is 9.74. The molecule has 2 heterocycles. The number of aromatic nitrogens is 4. The number of hydrogen-bond acceptors (Lipinski definition) is 6. The number of carbonyl (C=O) groups is 2. The van der Waals surface area contributed by atoms with Crippen LogP contribution >= 0.6 is 0 Å². The quantitative estimate of drug-likeness (QED) is 0.461. The lowest BCUT2D eigenvalue weighted by atomic mass is 9.69. The van der Waals surface area contributed by atoms with E-state index in [9.17, 15) is 18.4 Å². The zero-order chi connectivity index (χ0) is 28.7. The molecule has 0 radical (unpaired) electrons. The van der Waals surface area contributed by atoms with Crippen molar-refractivity contribution in [1.29, 1.82) is 0 Å². The normalized spacial score (nSPS) is 21.9. The van der Waals surface area contributed by atoms with E-state index < -0.39 is 23.3 Å². The van der Waals surface area contributed by atoms with Crippen molar-refractivity contribution in [2.24, 2.45) is 16.3 Å². The fourth-order valence-corrected chi connectivity index (χ4v) is 5.91. The number of aliphatic imine (C=N–C) groups is 1. The minimum Gasteiger partial charge on any atom is -0.345 e. The highest BCUT2D eigenvalue weighted by molar-refractivity contribution is 6.46. The molecule has 1 aliphatic heterocycles. The molecular weight excluding hydrogens is 516 g/mol. The number of halogens is 2. The number of rotatable bonds is 6. The van der Waals surface area contributed by atoms with Crippen LogP contribution in [0.4, 0.5) is 8.78 Å². The van der Waals surface area contributed by atoms with Gasteiger partial charge in [0.15, 0.2) is 5.82 Å². The Morgan fingerprint density at radius 3 is 2.35 bits per heavy atom. The van der Waals surface area contributed by atoms with E-state index in [1.54, 1.807) is 17.0 Å². The number of carbonyl (C=O) groups excluding carboxylic acids is 2. The lowest BCUT2D eigenvalue weighted by Gasteiger charge is -2.46. The Labute approximate surface area is 231 Å². The first-order valence-corrected chi connectivity index (χ1v) is 13.5. The van der Waals surface area contributed by atoms with Crippen LogP contribution in [0.3, 0.4) is 0 Å². The summed E-state index contributed by atoms with van der Waals surface area (Å²) in [5.41, 5.74) is 0.804. The molecule has 2 aliphatic rings. The highest BCUT2D eigenvalue weighted by Crippen LogP contribution is 2.49. The fraction of sp³-hybridized carbons (Fsp3) is 0.448. The summed E-state index contributed by atoms with van der Waals surface area (Å²) in [5.74, 6) is -1.31. The van der Waals surface area contributed by atoms with Crippen LogP contribution in [0.2, 0.25) is 0 Å².